The van der Waals surface area contributed by atoms with Gasteiger partial charge in [-0.2, -0.15) is 0 Å². The highest BCUT2D eigenvalue weighted by Crippen LogP contribution is 2.57. The third-order valence-corrected chi connectivity index (χ3v) is 101. The minimum absolute atomic E-state index is 0.0108. The average molecular weight is 1950 g/mol. The van der Waals surface area contributed by atoms with Crippen LogP contribution < -0.4 is 36.3 Å². The number of benzene rings is 7. The van der Waals surface area contributed by atoms with Crippen molar-refractivity contribution in [1.29, 1.82) is 0 Å². The van der Waals surface area contributed by atoms with Gasteiger partial charge in [0.05, 0.1) is 0 Å². The summed E-state index contributed by atoms with van der Waals surface area (Å²) >= 11 is 0. The molecule has 7 aromatic rings. The van der Waals surface area contributed by atoms with Crippen molar-refractivity contribution in [1.82, 2.24) is 0 Å². The predicted molar refractivity (Wildman–Crippen MR) is 498 cm³/mol. The van der Waals surface area contributed by atoms with Crippen molar-refractivity contribution in [2.45, 2.75) is 196 Å². The Balaban J connectivity index is 1.02. The van der Waals surface area contributed by atoms with Gasteiger partial charge >= 0.3 is 132 Å². The first-order chi connectivity index (χ1) is 56.7. The topological polar surface area (TPSA) is 212 Å². The number of hydrogen-bond acceptors (Lipinski definition) is 23. The molecule has 648 valence electrons. The summed E-state index contributed by atoms with van der Waals surface area (Å²) in [5.74, 6) is -0.308. The number of rotatable bonds is 30. The second-order valence-electron chi connectivity index (χ2n) is 37.1. The van der Waals surface area contributed by atoms with Crippen LogP contribution in [-0.2, 0) is 94.6 Å². The van der Waals surface area contributed by atoms with Gasteiger partial charge in [-0.3, -0.25) is 0 Å². The van der Waals surface area contributed by atoms with Crippen LogP contribution in [0.3, 0.4) is 0 Å². The summed E-state index contributed by atoms with van der Waals surface area (Å²) in [5, 5.41) is 4.55. The fourth-order valence-corrected chi connectivity index (χ4v) is 123. The first kappa shape index (κ1) is 92.2. The van der Waals surface area contributed by atoms with Crippen molar-refractivity contribution < 1.29 is 94.6 Å². The minimum Gasteiger partial charge on any atom is -0.413 e. The summed E-state index contributed by atoms with van der Waals surface area (Å²) in [4.78, 5) is 0. The smallest absolute Gasteiger partial charge is 0.413 e. The molecule has 9 fully saturated rings. The molecule has 4 atom stereocenters. The highest BCUT2D eigenvalue weighted by molar-refractivity contribution is 7.15. The van der Waals surface area contributed by atoms with Crippen molar-refractivity contribution in [2.75, 3.05) is 0 Å². The standard InChI is InChI=1S/C79H122O23Si18/c1-66(2)58-109-87-108(88-110(59-67(3)4)92-112(90-109,61-69(7)8)96-115(64-72(13)14)97-113(91-109,62-70(9)10)93-111(89-108,60-68(5)6)95-114(94-110,98-115)63-71(11)12)57-56-105(19,20)82-118(77-50-36-25-37-51-77)101-119(78-52-38-26-39-53-78)85-107(74-44-30-22-31-45-74)65-106(73-42-28-21-29-43-73,83-116(99-119,80-103(15)16)75-46-32-23-33-47-75)84-117(81-104(17)18,76-48-34-24-35-49-76)100-120(86-107,102-118)79-54-40-27-41-55-79/h21-55,66-72H,56-65H2,1-20H3. The molecular formula is C79H122O23Si18. The van der Waals surface area contributed by atoms with E-state index in [2.05, 4.69) is 160 Å². The molecule has 9 aliphatic rings. The molecule has 12 bridgehead atoms. The lowest BCUT2D eigenvalue weighted by molar-refractivity contribution is -0.0342. The molecule has 0 aromatic heterocycles. The zero-order chi connectivity index (χ0) is 85.3. The Morgan fingerprint density at radius 3 is 0.708 bits per heavy atom. The van der Waals surface area contributed by atoms with Gasteiger partial charge in [-0.05, 0) is 97.1 Å². The fourth-order valence-electron chi connectivity index (χ4n) is 17.6. The first-order valence-corrected chi connectivity index (χ1v) is 78.9. The molecule has 120 heavy (non-hydrogen) atoms. The molecule has 7 aromatic carbocycles. The predicted octanol–water partition coefficient (Wildman–Crippen LogP) is 13.8. The van der Waals surface area contributed by atoms with Crippen molar-refractivity contribution in [3.8, 4) is 0 Å². The molecule has 9 aliphatic heterocycles. The van der Waals surface area contributed by atoms with E-state index in [9.17, 15) is 0 Å². The van der Waals surface area contributed by atoms with Crippen LogP contribution in [0.5, 0.6) is 0 Å². The first-order valence-electron chi connectivity index (χ1n) is 42.8. The number of fused-ring (bicyclic) bond motifs is 3. The van der Waals surface area contributed by atoms with E-state index < -0.39 is 158 Å². The van der Waals surface area contributed by atoms with E-state index in [0.717, 1.165) is 10.4 Å². The Hall–Kier alpha value is -2.48. The molecule has 9 heterocycles. The van der Waals surface area contributed by atoms with Crippen LogP contribution in [0.15, 0.2) is 212 Å². The fraction of sp³-hybridized carbons (Fsp3) is 0.468. The van der Waals surface area contributed by atoms with Gasteiger partial charge in [0.2, 0.25) is 0 Å². The van der Waals surface area contributed by atoms with Crippen molar-refractivity contribution in [3.63, 3.8) is 0 Å². The van der Waals surface area contributed by atoms with E-state index in [4.69, 9.17) is 94.6 Å². The highest BCUT2D eigenvalue weighted by Gasteiger charge is 2.85. The maximum absolute atomic E-state index is 8.99. The Morgan fingerprint density at radius 1 is 0.258 bits per heavy atom. The normalized spacial score (nSPS) is 35.7. The van der Waals surface area contributed by atoms with Gasteiger partial charge in [-0.25, -0.2) is 0 Å². The molecular weight excluding hydrogens is 1820 g/mol. The Morgan fingerprint density at radius 2 is 0.467 bits per heavy atom. The molecule has 16 rings (SSSR count). The minimum atomic E-state index is -5.22. The van der Waals surface area contributed by atoms with Gasteiger partial charge in [0.1, 0.15) is 0 Å². The molecule has 23 nitrogen and oxygen atoms in total. The number of hydrogen-bond donors (Lipinski definition) is 0. The summed E-state index contributed by atoms with van der Waals surface area (Å²) in [6, 6.07) is 73.3. The second kappa shape index (κ2) is 35.4. The highest BCUT2D eigenvalue weighted by atomic mass is 28.6. The van der Waals surface area contributed by atoms with Crippen LogP contribution in [0.2, 0.25) is 99.3 Å². The molecule has 4 unspecified atom stereocenters. The summed E-state index contributed by atoms with van der Waals surface area (Å²) in [5.41, 5.74) is 0.0404. The van der Waals surface area contributed by atoms with Crippen LogP contribution in [0.1, 0.15) is 96.9 Å². The van der Waals surface area contributed by atoms with E-state index in [1.54, 1.807) is 0 Å². The van der Waals surface area contributed by atoms with Gasteiger partial charge in [0.15, 0.2) is 26.4 Å². The zero-order valence-corrected chi connectivity index (χ0v) is 91.2. The van der Waals surface area contributed by atoms with Gasteiger partial charge in [-0.15, -0.1) is 0 Å². The van der Waals surface area contributed by atoms with Gasteiger partial charge < -0.3 is 94.6 Å². The SMILES string of the molecule is CC(C)C[Si]12O[Si]3(CC[Si](C)(C)O[Si]4(c5ccccc5)O[Si]5(c6ccccc6)O[Si]6(c7ccccc7)C[Si](c7ccccc7)(O[Si](O[Si](C)C)(c7ccccc7)O5)O[Si](O[Si](C)C)(c5ccccc5)O[Si](c5ccccc5)(O6)O4)O[Si]4(CC(C)C)O[Si](CC(C)C)(O1)O[Si]1(CC(C)C)O[Si](CC(C)C)(O2)O[Si](CC(C)C)(O3)O[Si](CC(C)C)(O4)O1. The Kier molecular flexibility index (Phi) is 27.2. The van der Waals surface area contributed by atoms with Crippen molar-refractivity contribution in [2.24, 2.45) is 41.4 Å². The van der Waals surface area contributed by atoms with Gasteiger partial charge in [-0.1, -0.05) is 309 Å². The Labute approximate surface area is 733 Å². The molecule has 9 saturated heterocycles. The molecule has 0 N–H and O–H groups in total. The summed E-state index contributed by atoms with van der Waals surface area (Å²) < 4.78 is 196. The maximum atomic E-state index is 8.99. The average Bonchev–Trinajstić information content (AvgIpc) is 0.692. The molecule has 0 amide bonds. The van der Waals surface area contributed by atoms with E-state index >= 15 is 0 Å². The third-order valence-electron chi connectivity index (χ3n) is 21.3. The van der Waals surface area contributed by atoms with Crippen molar-refractivity contribution >= 4 is 194 Å². The molecule has 0 saturated carbocycles. The maximum Gasteiger partial charge on any atom is 0.514 e. The van der Waals surface area contributed by atoms with Crippen LogP contribution >= 0.6 is 0 Å². The van der Waals surface area contributed by atoms with Crippen LogP contribution in [0.4, 0.5) is 0 Å². The van der Waals surface area contributed by atoms with Crippen LogP contribution in [0, 0.1) is 41.4 Å². The largest absolute Gasteiger partial charge is 0.514 e. The molecule has 2 radical (unpaired) electrons. The van der Waals surface area contributed by atoms with Gasteiger partial charge in [0, 0.05) is 80.0 Å². The van der Waals surface area contributed by atoms with Gasteiger partial charge in [0.25, 0.3) is 0 Å². The Bertz CT molecular complexity index is 4330. The summed E-state index contributed by atoms with van der Waals surface area (Å²) in [6.07, 6.45) is 0. The van der Waals surface area contributed by atoms with Crippen LogP contribution in [-0.4, -0.2) is 158 Å². The summed E-state index contributed by atoms with van der Waals surface area (Å²) in [7, 11) is -76.9. The van der Waals surface area contributed by atoms with E-state index in [0.29, 0.717) is 68.2 Å². The molecule has 0 spiro atoms. The van der Waals surface area contributed by atoms with E-state index in [-0.39, 0.29) is 59.2 Å². The lowest BCUT2D eigenvalue weighted by Crippen LogP contribution is -2.90. The van der Waals surface area contributed by atoms with E-state index in [1.807, 2.05) is 188 Å². The van der Waals surface area contributed by atoms with E-state index in [1.165, 1.54) is 0 Å². The third kappa shape index (κ3) is 19.4. The molecule has 41 heteroatoms. The van der Waals surface area contributed by atoms with Crippen LogP contribution in [0.25, 0.3) is 0 Å². The second-order valence-corrected chi connectivity index (χ2v) is 91.8. The quantitative estimate of drug-likeness (QED) is 0.0383. The van der Waals surface area contributed by atoms with Crippen molar-refractivity contribution in [3.05, 3.63) is 212 Å². The lowest BCUT2D eigenvalue weighted by Gasteiger charge is -2.64. The monoisotopic (exact) mass is 1940 g/mol. The zero-order valence-electron chi connectivity index (χ0n) is 73.2. The lowest BCUT2D eigenvalue weighted by atomic mass is 10.3. The summed E-state index contributed by atoms with van der Waals surface area (Å²) in [6.45, 7) is 43.2. The molecule has 0 aliphatic carbocycles.